The first-order valence-electron chi connectivity index (χ1n) is 7.68. The van der Waals surface area contributed by atoms with Crippen LogP contribution in [0, 0.1) is 20.8 Å². The van der Waals surface area contributed by atoms with Crippen molar-refractivity contribution < 1.29 is 4.79 Å². The summed E-state index contributed by atoms with van der Waals surface area (Å²) in [5.74, 6) is -0.0731. The highest BCUT2D eigenvalue weighted by Crippen LogP contribution is 2.38. The number of amides is 1. The van der Waals surface area contributed by atoms with Crippen molar-refractivity contribution in [2.24, 2.45) is 0 Å². The molecule has 0 radical (unpaired) electrons. The Hall–Kier alpha value is -2.11. The summed E-state index contributed by atoms with van der Waals surface area (Å²) in [5, 5.41) is 8.68. The maximum atomic E-state index is 12.5. The molecule has 0 saturated carbocycles. The minimum atomic E-state index is -0.382. The standard InChI is InChI=1S/C18H16ClN3OS/c1-8-4-5-13-11(6-8)7-12(15(19)20-13)16-21-17(23)14-9(2)10(3)24-18(14)22-16/h4-7,16,22H,1-3H3,(H,21,23). The fraction of sp³-hybridized carbons (Fsp3) is 0.222. The maximum absolute atomic E-state index is 12.5. The summed E-state index contributed by atoms with van der Waals surface area (Å²) in [4.78, 5) is 18.1. The SMILES string of the molecule is Cc1ccc2nc(Cl)c(C3NC(=O)c4c(sc(C)c4C)N3)cc2c1. The molecule has 3 aromatic rings. The number of aryl methyl sites for hydroxylation is 2. The minimum absolute atomic E-state index is 0.0731. The largest absolute Gasteiger partial charge is 0.353 e. The average Bonchev–Trinajstić information content (AvgIpc) is 2.82. The van der Waals surface area contributed by atoms with E-state index in [9.17, 15) is 4.79 Å². The molecule has 3 heterocycles. The topological polar surface area (TPSA) is 54.0 Å². The Morgan fingerprint density at radius 2 is 1.96 bits per heavy atom. The van der Waals surface area contributed by atoms with E-state index in [4.69, 9.17) is 11.6 Å². The number of halogens is 1. The number of carbonyl (C=O) groups is 1. The van der Waals surface area contributed by atoms with Crippen molar-refractivity contribution in [3.8, 4) is 0 Å². The molecule has 2 N–H and O–H groups in total. The predicted octanol–water partition coefficient (Wildman–Crippen LogP) is 4.73. The molecular formula is C18H16ClN3OS. The molecule has 122 valence electrons. The number of thiophene rings is 1. The van der Waals surface area contributed by atoms with Crippen LogP contribution in [-0.2, 0) is 0 Å². The molecule has 1 aliphatic heterocycles. The van der Waals surface area contributed by atoms with Crippen molar-refractivity contribution in [1.82, 2.24) is 10.3 Å². The molecular weight excluding hydrogens is 342 g/mol. The quantitative estimate of drug-likeness (QED) is 0.619. The molecule has 0 fully saturated rings. The number of aromatic nitrogens is 1. The van der Waals surface area contributed by atoms with Crippen LogP contribution in [0.2, 0.25) is 5.15 Å². The number of benzene rings is 1. The van der Waals surface area contributed by atoms with Crippen LogP contribution in [-0.4, -0.2) is 10.9 Å². The lowest BCUT2D eigenvalue weighted by Gasteiger charge is -2.27. The average molecular weight is 358 g/mol. The Balaban J connectivity index is 1.80. The van der Waals surface area contributed by atoms with Crippen LogP contribution in [0.5, 0.6) is 0 Å². The third-order valence-corrected chi connectivity index (χ3v) is 5.87. The van der Waals surface area contributed by atoms with Gasteiger partial charge in [-0.25, -0.2) is 4.98 Å². The predicted molar refractivity (Wildman–Crippen MR) is 99.1 cm³/mol. The van der Waals surface area contributed by atoms with Gasteiger partial charge in [-0.05, 0) is 44.5 Å². The van der Waals surface area contributed by atoms with Crippen LogP contribution < -0.4 is 10.6 Å². The highest BCUT2D eigenvalue weighted by atomic mass is 35.5. The lowest BCUT2D eigenvalue weighted by molar-refractivity contribution is 0.0936. The molecule has 6 heteroatoms. The van der Waals surface area contributed by atoms with Crippen molar-refractivity contribution in [1.29, 1.82) is 0 Å². The van der Waals surface area contributed by atoms with Gasteiger partial charge in [0.2, 0.25) is 0 Å². The van der Waals surface area contributed by atoms with Gasteiger partial charge in [0, 0.05) is 15.8 Å². The van der Waals surface area contributed by atoms with Gasteiger partial charge in [0.1, 0.15) is 16.3 Å². The molecule has 1 unspecified atom stereocenters. The van der Waals surface area contributed by atoms with Gasteiger partial charge in [-0.15, -0.1) is 11.3 Å². The van der Waals surface area contributed by atoms with Gasteiger partial charge < -0.3 is 10.6 Å². The molecule has 1 aliphatic rings. The molecule has 0 aliphatic carbocycles. The number of rotatable bonds is 1. The van der Waals surface area contributed by atoms with E-state index in [-0.39, 0.29) is 12.1 Å². The Morgan fingerprint density at radius 3 is 2.75 bits per heavy atom. The van der Waals surface area contributed by atoms with E-state index < -0.39 is 0 Å². The fourth-order valence-electron chi connectivity index (χ4n) is 3.02. The zero-order valence-corrected chi connectivity index (χ0v) is 15.1. The second kappa shape index (κ2) is 5.46. The van der Waals surface area contributed by atoms with Gasteiger partial charge >= 0.3 is 0 Å². The molecule has 0 bridgehead atoms. The third kappa shape index (κ3) is 2.36. The van der Waals surface area contributed by atoms with Crippen molar-refractivity contribution in [3.05, 3.63) is 56.5 Å². The first kappa shape index (κ1) is 15.4. The number of hydrogen-bond donors (Lipinski definition) is 2. The van der Waals surface area contributed by atoms with Crippen LogP contribution in [0.15, 0.2) is 24.3 Å². The number of carbonyl (C=O) groups excluding carboxylic acids is 1. The van der Waals surface area contributed by atoms with Crippen molar-refractivity contribution in [2.75, 3.05) is 5.32 Å². The summed E-state index contributed by atoms with van der Waals surface area (Å²) in [5.41, 5.74) is 4.54. The number of pyridine rings is 1. The summed E-state index contributed by atoms with van der Waals surface area (Å²) in [7, 11) is 0. The number of nitrogens with one attached hydrogen (secondary N) is 2. The third-order valence-electron chi connectivity index (χ3n) is 4.43. The van der Waals surface area contributed by atoms with Crippen LogP contribution in [0.3, 0.4) is 0 Å². The van der Waals surface area contributed by atoms with Gasteiger partial charge in [0.05, 0.1) is 11.1 Å². The molecule has 0 saturated heterocycles. The maximum Gasteiger partial charge on any atom is 0.256 e. The van der Waals surface area contributed by atoms with E-state index in [0.717, 1.165) is 43.0 Å². The molecule has 4 rings (SSSR count). The smallest absolute Gasteiger partial charge is 0.256 e. The summed E-state index contributed by atoms with van der Waals surface area (Å²) in [6, 6.07) is 8.03. The van der Waals surface area contributed by atoms with Gasteiger partial charge in [-0.1, -0.05) is 23.2 Å². The van der Waals surface area contributed by atoms with E-state index in [1.807, 2.05) is 39.0 Å². The molecule has 4 nitrogen and oxygen atoms in total. The lowest BCUT2D eigenvalue weighted by atomic mass is 10.1. The molecule has 1 aromatic carbocycles. The number of nitrogens with zero attached hydrogens (tertiary/aromatic N) is 1. The zero-order chi connectivity index (χ0) is 17.0. The molecule has 2 aromatic heterocycles. The van der Waals surface area contributed by atoms with Crippen molar-refractivity contribution >= 4 is 44.7 Å². The van der Waals surface area contributed by atoms with Crippen LogP contribution in [0.4, 0.5) is 5.00 Å². The van der Waals surface area contributed by atoms with Crippen molar-refractivity contribution in [2.45, 2.75) is 26.9 Å². The highest BCUT2D eigenvalue weighted by molar-refractivity contribution is 7.16. The number of hydrogen-bond acceptors (Lipinski definition) is 4. The van der Waals surface area contributed by atoms with E-state index in [1.165, 1.54) is 0 Å². The van der Waals surface area contributed by atoms with E-state index in [2.05, 4.69) is 21.7 Å². The van der Waals surface area contributed by atoms with Gasteiger partial charge in [0.15, 0.2) is 0 Å². The van der Waals surface area contributed by atoms with Crippen LogP contribution in [0.1, 0.15) is 38.1 Å². The van der Waals surface area contributed by atoms with Crippen LogP contribution >= 0.6 is 22.9 Å². The second-order valence-corrected chi connectivity index (χ2v) is 7.69. The molecule has 1 atom stereocenters. The Morgan fingerprint density at radius 1 is 1.17 bits per heavy atom. The van der Waals surface area contributed by atoms with Crippen molar-refractivity contribution in [3.63, 3.8) is 0 Å². The van der Waals surface area contributed by atoms with Gasteiger partial charge in [-0.2, -0.15) is 0 Å². The van der Waals surface area contributed by atoms with Gasteiger partial charge in [-0.3, -0.25) is 4.79 Å². The molecule has 0 spiro atoms. The summed E-state index contributed by atoms with van der Waals surface area (Å²) >= 11 is 7.98. The Labute approximate surface area is 148 Å². The van der Waals surface area contributed by atoms with E-state index in [1.54, 1.807) is 11.3 Å². The van der Waals surface area contributed by atoms with Crippen LogP contribution in [0.25, 0.3) is 10.9 Å². The monoisotopic (exact) mass is 357 g/mol. The summed E-state index contributed by atoms with van der Waals surface area (Å²) < 4.78 is 0. The molecule has 1 amide bonds. The zero-order valence-electron chi connectivity index (χ0n) is 13.5. The van der Waals surface area contributed by atoms with E-state index in [0.29, 0.717) is 5.15 Å². The highest BCUT2D eigenvalue weighted by Gasteiger charge is 2.30. The number of fused-ring (bicyclic) bond motifs is 2. The lowest BCUT2D eigenvalue weighted by Crippen LogP contribution is -2.38. The van der Waals surface area contributed by atoms with E-state index >= 15 is 0 Å². The normalized spacial score (nSPS) is 16.7. The summed E-state index contributed by atoms with van der Waals surface area (Å²) in [6.45, 7) is 6.03. The first-order chi connectivity index (χ1) is 11.4. The first-order valence-corrected chi connectivity index (χ1v) is 8.87. The number of anilines is 1. The fourth-order valence-corrected chi connectivity index (χ4v) is 4.36. The second-order valence-electron chi connectivity index (χ2n) is 6.10. The molecule has 24 heavy (non-hydrogen) atoms. The Kier molecular flexibility index (Phi) is 3.51. The summed E-state index contributed by atoms with van der Waals surface area (Å²) in [6.07, 6.45) is -0.382. The van der Waals surface area contributed by atoms with Gasteiger partial charge in [0.25, 0.3) is 5.91 Å². The minimum Gasteiger partial charge on any atom is -0.353 e. The Bertz CT molecular complexity index is 996.